The molecule has 0 amide bonds. The largest absolute Gasteiger partial charge is 0.487 e. The number of rotatable bonds is 3. The molecule has 0 radical (unpaired) electrons. The van der Waals surface area contributed by atoms with Gasteiger partial charge in [-0.05, 0) is 25.9 Å². The second-order valence-electron chi connectivity index (χ2n) is 4.68. The molecule has 19 heavy (non-hydrogen) atoms. The summed E-state index contributed by atoms with van der Waals surface area (Å²) in [7, 11) is 0. The fourth-order valence-electron chi connectivity index (χ4n) is 2.22. The highest BCUT2D eigenvalue weighted by Crippen LogP contribution is 2.18. The van der Waals surface area contributed by atoms with Gasteiger partial charge >= 0.3 is 0 Å². The summed E-state index contributed by atoms with van der Waals surface area (Å²) in [5, 5.41) is 3.32. The monoisotopic (exact) mass is 255 g/mol. The topological polar surface area (TPSA) is 47.0 Å². The summed E-state index contributed by atoms with van der Waals surface area (Å²) in [6.07, 6.45) is 5.89. The molecule has 2 aromatic rings. The van der Waals surface area contributed by atoms with Crippen LogP contribution in [-0.2, 0) is 0 Å². The number of aromatic nitrogens is 2. The molecule has 0 unspecified atom stereocenters. The fraction of sp³-hybridized carbons (Fsp3) is 0.333. The van der Waals surface area contributed by atoms with Crippen LogP contribution in [0.3, 0.4) is 0 Å². The minimum absolute atomic E-state index is 0.285. The van der Waals surface area contributed by atoms with E-state index in [9.17, 15) is 0 Å². The molecule has 1 aromatic heterocycles. The Morgan fingerprint density at radius 3 is 2.37 bits per heavy atom. The molecule has 0 spiro atoms. The summed E-state index contributed by atoms with van der Waals surface area (Å²) >= 11 is 0. The summed E-state index contributed by atoms with van der Waals surface area (Å²) in [6, 6.07) is 9.96. The van der Waals surface area contributed by atoms with E-state index in [2.05, 4.69) is 15.3 Å². The lowest BCUT2D eigenvalue weighted by molar-refractivity contribution is 0.161. The molecule has 1 aromatic carbocycles. The highest BCUT2D eigenvalue weighted by molar-refractivity contribution is 5.54. The molecule has 1 fully saturated rings. The van der Waals surface area contributed by atoms with Crippen LogP contribution in [-0.4, -0.2) is 29.2 Å². The average molecular weight is 255 g/mol. The number of benzene rings is 1. The van der Waals surface area contributed by atoms with Gasteiger partial charge in [-0.25, -0.2) is 9.97 Å². The Kier molecular flexibility index (Phi) is 3.70. The third-order valence-electron chi connectivity index (χ3n) is 3.25. The first-order valence-corrected chi connectivity index (χ1v) is 6.67. The first-order valence-electron chi connectivity index (χ1n) is 6.67. The Hall–Kier alpha value is -1.94. The molecule has 3 rings (SSSR count). The van der Waals surface area contributed by atoms with Crippen LogP contribution in [0.4, 0.5) is 0 Å². The Morgan fingerprint density at radius 1 is 1.00 bits per heavy atom. The molecule has 98 valence electrons. The minimum atomic E-state index is 0.285. The summed E-state index contributed by atoms with van der Waals surface area (Å²) in [4.78, 5) is 8.73. The molecule has 1 saturated heterocycles. The summed E-state index contributed by atoms with van der Waals surface area (Å²) in [5.74, 6) is 1.49. The molecule has 0 saturated carbocycles. The molecule has 0 bridgehead atoms. The van der Waals surface area contributed by atoms with Gasteiger partial charge in [0, 0.05) is 5.56 Å². The van der Waals surface area contributed by atoms with Crippen LogP contribution in [0.15, 0.2) is 42.7 Å². The van der Waals surface area contributed by atoms with E-state index in [0.29, 0.717) is 0 Å². The van der Waals surface area contributed by atoms with E-state index in [1.165, 1.54) is 0 Å². The van der Waals surface area contributed by atoms with E-state index in [1.807, 2.05) is 30.3 Å². The van der Waals surface area contributed by atoms with E-state index in [1.54, 1.807) is 12.4 Å². The number of nitrogens with one attached hydrogen (secondary N) is 1. The third-order valence-corrected chi connectivity index (χ3v) is 3.25. The van der Waals surface area contributed by atoms with E-state index >= 15 is 0 Å². The van der Waals surface area contributed by atoms with Gasteiger partial charge in [-0.15, -0.1) is 0 Å². The van der Waals surface area contributed by atoms with Crippen molar-refractivity contribution in [1.82, 2.24) is 15.3 Å². The molecular formula is C15H17N3O. The van der Waals surface area contributed by atoms with Crippen LogP contribution in [0.25, 0.3) is 11.4 Å². The lowest BCUT2D eigenvalue weighted by atomic mass is 10.1. The summed E-state index contributed by atoms with van der Waals surface area (Å²) < 4.78 is 5.88. The summed E-state index contributed by atoms with van der Waals surface area (Å²) in [6.45, 7) is 2.04. The fourth-order valence-corrected chi connectivity index (χ4v) is 2.22. The van der Waals surface area contributed by atoms with Crippen LogP contribution in [0.2, 0.25) is 0 Å². The van der Waals surface area contributed by atoms with Gasteiger partial charge in [0.1, 0.15) is 6.10 Å². The molecule has 0 atom stereocenters. The van der Waals surface area contributed by atoms with Crippen molar-refractivity contribution >= 4 is 0 Å². The molecule has 1 aliphatic rings. The van der Waals surface area contributed by atoms with Crippen molar-refractivity contribution in [1.29, 1.82) is 0 Å². The van der Waals surface area contributed by atoms with Gasteiger partial charge in [0.25, 0.3) is 0 Å². The van der Waals surface area contributed by atoms with Crippen molar-refractivity contribution in [2.24, 2.45) is 0 Å². The van der Waals surface area contributed by atoms with Crippen molar-refractivity contribution in [2.45, 2.75) is 18.9 Å². The number of nitrogens with zero attached hydrogens (tertiary/aromatic N) is 2. The maximum atomic E-state index is 5.88. The van der Waals surface area contributed by atoms with Gasteiger partial charge in [0.15, 0.2) is 11.6 Å². The van der Waals surface area contributed by atoms with Crippen molar-refractivity contribution < 1.29 is 4.74 Å². The molecular weight excluding hydrogens is 238 g/mol. The van der Waals surface area contributed by atoms with Crippen molar-refractivity contribution in [3.05, 3.63) is 42.7 Å². The SMILES string of the molecule is c1ccc(-c2ncc(OC3CCNCC3)cn2)cc1. The Bertz CT molecular complexity index is 507. The van der Waals surface area contributed by atoms with Crippen LogP contribution < -0.4 is 10.1 Å². The predicted octanol–water partition coefficient (Wildman–Crippen LogP) is 2.27. The zero-order chi connectivity index (χ0) is 12.9. The number of hydrogen-bond donors (Lipinski definition) is 1. The quantitative estimate of drug-likeness (QED) is 0.914. The molecule has 4 heteroatoms. The second-order valence-corrected chi connectivity index (χ2v) is 4.68. The maximum absolute atomic E-state index is 5.88. The van der Waals surface area contributed by atoms with Gasteiger partial charge in [-0.1, -0.05) is 30.3 Å². The zero-order valence-corrected chi connectivity index (χ0v) is 10.7. The van der Waals surface area contributed by atoms with E-state index in [4.69, 9.17) is 4.74 Å². The Morgan fingerprint density at radius 2 is 1.68 bits per heavy atom. The van der Waals surface area contributed by atoms with Gasteiger partial charge in [-0.2, -0.15) is 0 Å². The summed E-state index contributed by atoms with van der Waals surface area (Å²) in [5.41, 5.74) is 1.02. The smallest absolute Gasteiger partial charge is 0.159 e. The minimum Gasteiger partial charge on any atom is -0.487 e. The van der Waals surface area contributed by atoms with Crippen molar-refractivity contribution in [3.8, 4) is 17.1 Å². The second kappa shape index (κ2) is 5.80. The highest BCUT2D eigenvalue weighted by atomic mass is 16.5. The molecule has 2 heterocycles. The molecule has 1 N–H and O–H groups in total. The lowest BCUT2D eigenvalue weighted by Crippen LogP contribution is -2.34. The lowest BCUT2D eigenvalue weighted by Gasteiger charge is -2.23. The maximum Gasteiger partial charge on any atom is 0.159 e. The number of piperidine rings is 1. The van der Waals surface area contributed by atoms with Crippen LogP contribution in [0.5, 0.6) is 5.75 Å². The van der Waals surface area contributed by atoms with Gasteiger partial charge in [0.05, 0.1) is 12.4 Å². The van der Waals surface area contributed by atoms with Crippen LogP contribution in [0, 0.1) is 0 Å². The number of ether oxygens (including phenoxy) is 1. The van der Waals surface area contributed by atoms with Crippen LogP contribution in [0.1, 0.15) is 12.8 Å². The molecule has 1 aliphatic heterocycles. The zero-order valence-electron chi connectivity index (χ0n) is 10.7. The van der Waals surface area contributed by atoms with Crippen LogP contribution >= 0.6 is 0 Å². The van der Waals surface area contributed by atoms with Gasteiger partial charge < -0.3 is 10.1 Å². The third kappa shape index (κ3) is 3.09. The van der Waals surface area contributed by atoms with E-state index in [0.717, 1.165) is 43.1 Å². The van der Waals surface area contributed by atoms with E-state index < -0.39 is 0 Å². The van der Waals surface area contributed by atoms with Gasteiger partial charge in [0.2, 0.25) is 0 Å². The van der Waals surface area contributed by atoms with Crippen molar-refractivity contribution in [2.75, 3.05) is 13.1 Å². The standard InChI is InChI=1S/C15H17N3O/c1-2-4-12(5-3-1)15-17-10-14(11-18-15)19-13-6-8-16-9-7-13/h1-5,10-11,13,16H,6-9H2. The normalized spacial score (nSPS) is 16.2. The Labute approximate surface area is 112 Å². The highest BCUT2D eigenvalue weighted by Gasteiger charge is 2.14. The Balaban J connectivity index is 1.68. The average Bonchev–Trinajstić information content (AvgIpc) is 2.50. The predicted molar refractivity (Wildman–Crippen MR) is 74.0 cm³/mol. The van der Waals surface area contributed by atoms with Crippen molar-refractivity contribution in [3.63, 3.8) is 0 Å². The van der Waals surface area contributed by atoms with Gasteiger partial charge in [-0.3, -0.25) is 0 Å². The number of hydrogen-bond acceptors (Lipinski definition) is 4. The molecule has 4 nitrogen and oxygen atoms in total. The molecule has 0 aliphatic carbocycles. The first kappa shape index (κ1) is 12.1. The first-order chi connectivity index (χ1) is 9.42. The van der Waals surface area contributed by atoms with E-state index in [-0.39, 0.29) is 6.10 Å².